The van der Waals surface area contributed by atoms with Gasteiger partial charge in [-0.15, -0.1) is 0 Å². The van der Waals surface area contributed by atoms with Crippen molar-refractivity contribution in [2.24, 2.45) is 11.7 Å². The Morgan fingerprint density at radius 2 is 1.56 bits per heavy atom. The van der Waals surface area contributed by atoms with Crippen LogP contribution in [0.5, 0.6) is 17.2 Å². The quantitative estimate of drug-likeness (QED) is 0.0584. The minimum atomic E-state index is -1.36. The topological polar surface area (TPSA) is 217 Å². The highest BCUT2D eigenvalue weighted by Crippen LogP contribution is 2.39. The summed E-state index contributed by atoms with van der Waals surface area (Å²) in [6.07, 6.45) is 4.25. The van der Waals surface area contributed by atoms with E-state index < -0.39 is 59.4 Å². The number of halogens is 1. The molecule has 0 saturated heterocycles. The smallest absolute Gasteiger partial charge is 0.351 e. The van der Waals surface area contributed by atoms with Crippen molar-refractivity contribution in [2.45, 2.75) is 103 Å². The van der Waals surface area contributed by atoms with Crippen LogP contribution in [0, 0.1) is 5.92 Å². The Morgan fingerprint density at radius 1 is 0.857 bits per heavy atom. The zero-order valence-corrected chi connectivity index (χ0v) is 38.4. The lowest BCUT2D eigenvalue weighted by Crippen LogP contribution is -2.48. The van der Waals surface area contributed by atoms with Crippen molar-refractivity contribution in [3.05, 3.63) is 86.9 Å². The fourth-order valence-electron chi connectivity index (χ4n) is 7.08. The normalized spacial score (nSPS) is 14.3. The second-order valence-electron chi connectivity index (χ2n) is 16.1. The zero-order chi connectivity index (χ0) is 46.3. The molecule has 63 heavy (non-hydrogen) atoms. The fraction of sp³-hybridized carbons (Fsp3) is 0.478. The van der Waals surface area contributed by atoms with Crippen molar-refractivity contribution in [3.63, 3.8) is 0 Å². The van der Waals surface area contributed by atoms with E-state index in [9.17, 15) is 28.8 Å². The maximum absolute atomic E-state index is 14.1. The van der Waals surface area contributed by atoms with Gasteiger partial charge < -0.3 is 49.5 Å². The van der Waals surface area contributed by atoms with E-state index in [0.29, 0.717) is 29.4 Å². The summed E-state index contributed by atoms with van der Waals surface area (Å²) in [5.74, 6) is -2.60. The van der Waals surface area contributed by atoms with Gasteiger partial charge in [-0.1, -0.05) is 43.5 Å². The highest BCUT2D eigenvalue weighted by molar-refractivity contribution is 9.10. The van der Waals surface area contributed by atoms with Gasteiger partial charge in [0.1, 0.15) is 28.9 Å². The molecule has 0 aromatic heterocycles. The van der Waals surface area contributed by atoms with Gasteiger partial charge in [0.05, 0.1) is 42.5 Å². The summed E-state index contributed by atoms with van der Waals surface area (Å²) >= 11 is 3.38. The molecule has 17 heteroatoms. The van der Waals surface area contributed by atoms with Gasteiger partial charge in [-0.25, -0.2) is 9.59 Å². The van der Waals surface area contributed by atoms with Gasteiger partial charge in [0.2, 0.25) is 17.9 Å². The molecule has 1 fully saturated rings. The van der Waals surface area contributed by atoms with Crippen LogP contribution in [-0.2, 0) is 44.5 Å². The Balaban J connectivity index is 1.59. The van der Waals surface area contributed by atoms with Gasteiger partial charge in [-0.05, 0) is 103 Å². The number of rotatable bonds is 21. The molecule has 0 radical (unpaired) electrons. The van der Waals surface area contributed by atoms with E-state index in [0.717, 1.165) is 25.7 Å². The third-order valence-corrected chi connectivity index (χ3v) is 10.9. The number of nitrogens with two attached hydrogens (primary N) is 1. The minimum absolute atomic E-state index is 0.0301. The molecular weight excluding hydrogens is 882 g/mol. The molecule has 4 N–H and O–H groups in total. The van der Waals surface area contributed by atoms with Crippen molar-refractivity contribution in [2.75, 3.05) is 34.7 Å². The van der Waals surface area contributed by atoms with Crippen LogP contribution in [0.15, 0.2) is 59.1 Å². The molecule has 342 valence electrons. The summed E-state index contributed by atoms with van der Waals surface area (Å²) in [5.41, 5.74) is 6.69. The lowest BCUT2D eigenvalue weighted by molar-refractivity contribution is -0.155. The van der Waals surface area contributed by atoms with Crippen LogP contribution in [0.25, 0.3) is 0 Å². The molecule has 1 saturated carbocycles. The van der Waals surface area contributed by atoms with Crippen LogP contribution in [0.2, 0.25) is 0 Å². The Kier molecular flexibility index (Phi) is 18.8. The summed E-state index contributed by atoms with van der Waals surface area (Å²) in [4.78, 5) is 77.7. The maximum atomic E-state index is 14.1. The predicted molar refractivity (Wildman–Crippen MR) is 234 cm³/mol. The van der Waals surface area contributed by atoms with Crippen molar-refractivity contribution in [1.29, 1.82) is 0 Å². The number of ether oxygens (including phenoxy) is 7. The van der Waals surface area contributed by atoms with E-state index in [1.165, 1.54) is 46.8 Å². The molecule has 3 amide bonds. The standard InChI is InChI=1S/C46H58BrN3O13/c1-27(51)49-36(23-28-13-16-31(17-14-28)62-41(45(56)59-7)33-19-18-32(44(55)58-6)39(47)40(33)61-26-57-5)43(54)50-35(20-22-38(52)63-46(2,3)4)30-15-21-37(34(24-30)42(48)53)60-25-29-11-9-8-10-12-29/h13-19,21,24,29,35-36,41H,8-12,20,22-23,25-26H2,1-7H3,(H2,48,53)(H,49,51)(H,50,54)/t35?,36-,41?/m0/s1. The molecule has 3 aromatic carbocycles. The highest BCUT2D eigenvalue weighted by atomic mass is 79.9. The lowest BCUT2D eigenvalue weighted by Gasteiger charge is -2.26. The summed E-state index contributed by atoms with van der Waals surface area (Å²) in [6.45, 7) is 6.78. The van der Waals surface area contributed by atoms with Crippen molar-refractivity contribution in [3.8, 4) is 17.2 Å². The Hall–Kier alpha value is -5.68. The molecule has 0 bridgehead atoms. The fourth-order valence-corrected chi connectivity index (χ4v) is 7.72. The van der Waals surface area contributed by atoms with Crippen molar-refractivity contribution < 1.29 is 61.9 Å². The van der Waals surface area contributed by atoms with Crippen LogP contribution in [0.1, 0.15) is 122 Å². The molecule has 0 spiro atoms. The van der Waals surface area contributed by atoms with E-state index in [2.05, 4.69) is 26.6 Å². The SMILES string of the molecule is COCOc1c(C(Oc2ccc(C[C@H](NC(C)=O)C(=O)NC(CCC(=O)OC(C)(C)C)c3ccc(OCC4CCCCC4)c(C(N)=O)c3)cc2)C(=O)OC)ccc(C(=O)OC)c1Br. The Morgan fingerprint density at radius 3 is 2.16 bits per heavy atom. The summed E-state index contributed by atoms with van der Waals surface area (Å²) < 4.78 is 38.7. The molecule has 16 nitrogen and oxygen atoms in total. The maximum Gasteiger partial charge on any atom is 0.351 e. The van der Waals surface area contributed by atoms with Crippen LogP contribution >= 0.6 is 15.9 Å². The number of esters is 3. The third kappa shape index (κ3) is 15.0. The van der Waals surface area contributed by atoms with Crippen molar-refractivity contribution in [1.82, 2.24) is 10.6 Å². The first kappa shape index (κ1) is 50.0. The third-order valence-electron chi connectivity index (χ3n) is 10.1. The second-order valence-corrected chi connectivity index (χ2v) is 16.9. The number of benzene rings is 3. The van der Waals surface area contributed by atoms with Gasteiger partial charge in [-0.2, -0.15) is 0 Å². The van der Waals surface area contributed by atoms with E-state index in [-0.39, 0.29) is 58.7 Å². The largest absolute Gasteiger partial charge is 0.492 e. The van der Waals surface area contributed by atoms with Gasteiger partial charge >= 0.3 is 17.9 Å². The van der Waals surface area contributed by atoms with Gasteiger partial charge in [0, 0.05) is 32.4 Å². The molecule has 1 aliphatic rings. The molecule has 0 heterocycles. The number of carbonyl (C=O) groups excluding carboxylic acids is 6. The Bertz CT molecular complexity index is 2080. The van der Waals surface area contributed by atoms with Crippen LogP contribution in [0.4, 0.5) is 0 Å². The van der Waals surface area contributed by atoms with Crippen LogP contribution in [-0.4, -0.2) is 82.0 Å². The molecule has 1 aliphatic carbocycles. The number of primary amides is 1. The monoisotopic (exact) mass is 939 g/mol. The summed E-state index contributed by atoms with van der Waals surface area (Å²) in [7, 11) is 3.84. The van der Waals surface area contributed by atoms with Crippen molar-refractivity contribution >= 4 is 51.6 Å². The molecule has 0 aliphatic heterocycles. The van der Waals surface area contributed by atoms with Crippen LogP contribution < -0.4 is 30.6 Å². The van der Waals surface area contributed by atoms with E-state index in [1.807, 2.05) is 0 Å². The molecule has 3 atom stereocenters. The average molecular weight is 941 g/mol. The van der Waals surface area contributed by atoms with Gasteiger partial charge in [-0.3, -0.25) is 19.2 Å². The Labute approximate surface area is 376 Å². The number of methoxy groups -OCH3 is 3. The van der Waals surface area contributed by atoms with E-state index in [1.54, 1.807) is 63.2 Å². The number of hydrogen-bond donors (Lipinski definition) is 3. The number of hydrogen-bond acceptors (Lipinski definition) is 13. The second kappa shape index (κ2) is 23.7. The van der Waals surface area contributed by atoms with E-state index >= 15 is 0 Å². The number of nitrogens with one attached hydrogen (secondary N) is 2. The summed E-state index contributed by atoms with van der Waals surface area (Å²) in [6, 6.07) is 12.4. The van der Waals surface area contributed by atoms with Gasteiger partial charge in [0.25, 0.3) is 5.91 Å². The first-order valence-electron chi connectivity index (χ1n) is 20.7. The predicted octanol–water partition coefficient (Wildman–Crippen LogP) is 6.60. The van der Waals surface area contributed by atoms with Crippen LogP contribution in [0.3, 0.4) is 0 Å². The first-order valence-corrected chi connectivity index (χ1v) is 21.5. The summed E-state index contributed by atoms with van der Waals surface area (Å²) in [5, 5.41) is 5.69. The average Bonchev–Trinajstić information content (AvgIpc) is 3.25. The molecule has 2 unspecified atom stereocenters. The molecular formula is C46H58BrN3O13. The lowest BCUT2D eigenvalue weighted by atomic mass is 9.90. The van der Waals surface area contributed by atoms with E-state index in [4.69, 9.17) is 38.9 Å². The number of carbonyl (C=O) groups is 6. The molecule has 4 rings (SSSR count). The highest BCUT2D eigenvalue weighted by Gasteiger charge is 2.32. The minimum Gasteiger partial charge on any atom is -0.492 e. The zero-order valence-electron chi connectivity index (χ0n) is 36.8. The molecule has 3 aromatic rings. The number of amides is 3. The van der Waals surface area contributed by atoms with Gasteiger partial charge in [0.15, 0.2) is 6.79 Å². The first-order chi connectivity index (χ1) is 29.9.